The van der Waals surface area contributed by atoms with Gasteiger partial charge in [-0.1, -0.05) is 17.4 Å². The van der Waals surface area contributed by atoms with Crippen LogP contribution >= 0.6 is 11.3 Å². The van der Waals surface area contributed by atoms with Crippen molar-refractivity contribution in [3.05, 3.63) is 40.7 Å². The molecule has 6 heteroatoms. The molecule has 0 aliphatic rings. The molecule has 0 saturated carbocycles. The monoisotopic (exact) mass is 295 g/mol. The highest BCUT2D eigenvalue weighted by Gasteiger charge is 2.14. The molecule has 108 valence electrons. The molecule has 0 spiro atoms. The fourth-order valence-electron chi connectivity index (χ4n) is 1.86. The van der Waals surface area contributed by atoms with Crippen LogP contribution in [0.2, 0.25) is 0 Å². The van der Waals surface area contributed by atoms with Crippen LogP contribution in [-0.4, -0.2) is 26.2 Å². The molecule has 0 radical (unpaired) electrons. The molecule has 0 atom stereocenters. The molecule has 2 aromatic rings. The van der Waals surface area contributed by atoms with Crippen LogP contribution in [0, 0.1) is 5.82 Å². The van der Waals surface area contributed by atoms with Gasteiger partial charge in [0, 0.05) is 31.3 Å². The Kier molecular flexibility index (Phi) is 5.05. The Bertz CT molecular complexity index is 550. The lowest BCUT2D eigenvalue weighted by Crippen LogP contribution is -2.09. The zero-order chi connectivity index (χ0) is 14.5. The van der Waals surface area contributed by atoms with Crippen LogP contribution < -0.4 is 10.2 Å². The van der Waals surface area contributed by atoms with Gasteiger partial charge in [-0.2, -0.15) is 0 Å². The van der Waals surface area contributed by atoms with Crippen molar-refractivity contribution in [2.45, 2.75) is 13.2 Å². The number of aromatic nitrogens is 1. The minimum absolute atomic E-state index is 0.251. The Morgan fingerprint density at radius 1 is 1.45 bits per heavy atom. The van der Waals surface area contributed by atoms with Gasteiger partial charge in [-0.15, -0.1) is 0 Å². The van der Waals surface area contributed by atoms with Crippen LogP contribution in [0.5, 0.6) is 0 Å². The minimum atomic E-state index is -0.251. The van der Waals surface area contributed by atoms with Crippen molar-refractivity contribution < 1.29 is 9.13 Å². The van der Waals surface area contributed by atoms with Crippen LogP contribution in [-0.2, 0) is 17.9 Å². The SMILES string of the molecule is CNCc1sc(N(C)c2cccc(F)c2)nc1COC. The van der Waals surface area contributed by atoms with E-state index in [1.165, 1.54) is 12.1 Å². The van der Waals surface area contributed by atoms with Gasteiger partial charge >= 0.3 is 0 Å². The van der Waals surface area contributed by atoms with Gasteiger partial charge < -0.3 is 15.0 Å². The van der Waals surface area contributed by atoms with E-state index in [0.717, 1.165) is 27.9 Å². The zero-order valence-electron chi connectivity index (χ0n) is 11.8. The molecule has 0 fully saturated rings. The number of anilines is 2. The number of halogens is 1. The minimum Gasteiger partial charge on any atom is -0.378 e. The van der Waals surface area contributed by atoms with Crippen molar-refractivity contribution in [2.24, 2.45) is 0 Å². The van der Waals surface area contributed by atoms with Crippen molar-refractivity contribution in [2.75, 3.05) is 26.1 Å². The highest BCUT2D eigenvalue weighted by Crippen LogP contribution is 2.31. The number of ether oxygens (including phenoxy) is 1. The summed E-state index contributed by atoms with van der Waals surface area (Å²) >= 11 is 1.58. The summed E-state index contributed by atoms with van der Waals surface area (Å²) in [4.78, 5) is 7.59. The Morgan fingerprint density at radius 3 is 2.90 bits per heavy atom. The van der Waals surface area contributed by atoms with Crippen LogP contribution in [0.25, 0.3) is 0 Å². The summed E-state index contributed by atoms with van der Waals surface area (Å²) in [5.74, 6) is -0.251. The molecule has 4 nitrogen and oxygen atoms in total. The van der Waals surface area contributed by atoms with Crippen molar-refractivity contribution >= 4 is 22.2 Å². The molecule has 0 bridgehead atoms. The predicted octanol–water partition coefficient (Wildman–Crippen LogP) is 2.92. The van der Waals surface area contributed by atoms with Gasteiger partial charge in [-0.3, -0.25) is 0 Å². The number of rotatable bonds is 6. The Labute approximate surface area is 122 Å². The van der Waals surface area contributed by atoms with E-state index in [0.29, 0.717) is 6.61 Å². The molecule has 0 aliphatic carbocycles. The van der Waals surface area contributed by atoms with Crippen molar-refractivity contribution in [1.82, 2.24) is 10.3 Å². The summed E-state index contributed by atoms with van der Waals surface area (Å²) in [6.45, 7) is 1.22. The predicted molar refractivity (Wildman–Crippen MR) is 80.1 cm³/mol. The van der Waals surface area contributed by atoms with E-state index in [2.05, 4.69) is 10.3 Å². The van der Waals surface area contributed by atoms with Crippen LogP contribution in [0.1, 0.15) is 10.6 Å². The maximum absolute atomic E-state index is 13.3. The first-order valence-electron chi connectivity index (χ1n) is 6.27. The topological polar surface area (TPSA) is 37.4 Å². The van der Waals surface area contributed by atoms with Gasteiger partial charge in [-0.05, 0) is 25.2 Å². The maximum atomic E-state index is 13.3. The molecule has 2 rings (SSSR count). The number of thiazole rings is 1. The molecule has 1 N–H and O–H groups in total. The third-order valence-corrected chi connectivity index (χ3v) is 4.04. The molecule has 0 amide bonds. The number of hydrogen-bond donors (Lipinski definition) is 1. The normalized spacial score (nSPS) is 10.8. The molecule has 0 saturated heterocycles. The fourth-order valence-corrected chi connectivity index (χ4v) is 2.91. The van der Waals surface area contributed by atoms with E-state index in [1.807, 2.05) is 25.1 Å². The molecule has 1 aromatic carbocycles. The highest BCUT2D eigenvalue weighted by atomic mass is 32.1. The molecular formula is C14H18FN3OS. The smallest absolute Gasteiger partial charge is 0.190 e. The van der Waals surface area contributed by atoms with Crippen LogP contribution in [0.3, 0.4) is 0 Å². The first-order valence-corrected chi connectivity index (χ1v) is 7.08. The van der Waals surface area contributed by atoms with Crippen LogP contribution in [0.4, 0.5) is 15.2 Å². The molecule has 1 aromatic heterocycles. The summed E-state index contributed by atoms with van der Waals surface area (Å²) in [5.41, 5.74) is 1.70. The summed E-state index contributed by atoms with van der Waals surface area (Å²) in [6.07, 6.45) is 0. The third kappa shape index (κ3) is 3.33. The largest absolute Gasteiger partial charge is 0.378 e. The summed E-state index contributed by atoms with van der Waals surface area (Å²) in [6, 6.07) is 6.48. The molecule has 20 heavy (non-hydrogen) atoms. The Morgan fingerprint density at radius 2 is 2.25 bits per heavy atom. The third-order valence-electron chi connectivity index (χ3n) is 2.87. The van der Waals surface area contributed by atoms with E-state index < -0.39 is 0 Å². The van der Waals surface area contributed by atoms with E-state index in [1.54, 1.807) is 24.5 Å². The number of nitrogens with zero attached hydrogens (tertiary/aromatic N) is 2. The number of nitrogens with one attached hydrogen (secondary N) is 1. The summed E-state index contributed by atoms with van der Waals surface area (Å²) < 4.78 is 18.5. The zero-order valence-corrected chi connectivity index (χ0v) is 12.6. The fraction of sp³-hybridized carbons (Fsp3) is 0.357. The quantitative estimate of drug-likeness (QED) is 0.889. The summed E-state index contributed by atoms with van der Waals surface area (Å²) in [5, 5.41) is 3.95. The molecular weight excluding hydrogens is 277 g/mol. The van der Waals surface area contributed by atoms with Gasteiger partial charge in [0.15, 0.2) is 5.13 Å². The molecule has 0 aliphatic heterocycles. The molecule has 0 unspecified atom stereocenters. The van der Waals surface area contributed by atoms with E-state index in [4.69, 9.17) is 4.74 Å². The second-order valence-corrected chi connectivity index (χ2v) is 5.43. The lowest BCUT2D eigenvalue weighted by molar-refractivity contribution is 0.181. The van der Waals surface area contributed by atoms with Crippen LogP contribution in [0.15, 0.2) is 24.3 Å². The van der Waals surface area contributed by atoms with Gasteiger partial charge in [0.05, 0.1) is 12.3 Å². The summed E-state index contributed by atoms with van der Waals surface area (Å²) in [7, 11) is 5.43. The van der Waals surface area contributed by atoms with Crippen molar-refractivity contribution in [1.29, 1.82) is 0 Å². The maximum Gasteiger partial charge on any atom is 0.190 e. The van der Waals surface area contributed by atoms with E-state index in [-0.39, 0.29) is 5.82 Å². The number of hydrogen-bond acceptors (Lipinski definition) is 5. The van der Waals surface area contributed by atoms with Gasteiger partial charge in [0.2, 0.25) is 0 Å². The van der Waals surface area contributed by atoms with Crippen molar-refractivity contribution in [3.63, 3.8) is 0 Å². The average Bonchev–Trinajstić information content (AvgIpc) is 2.82. The second kappa shape index (κ2) is 6.78. The number of methoxy groups -OCH3 is 1. The molecule has 1 heterocycles. The number of benzene rings is 1. The van der Waals surface area contributed by atoms with E-state index >= 15 is 0 Å². The Hall–Kier alpha value is -1.50. The highest BCUT2D eigenvalue weighted by molar-refractivity contribution is 7.15. The first-order chi connectivity index (χ1) is 9.65. The van der Waals surface area contributed by atoms with E-state index in [9.17, 15) is 4.39 Å². The van der Waals surface area contributed by atoms with Gasteiger partial charge in [-0.25, -0.2) is 9.37 Å². The Balaban J connectivity index is 2.29. The van der Waals surface area contributed by atoms with Gasteiger partial charge in [0.1, 0.15) is 5.82 Å². The van der Waals surface area contributed by atoms with Gasteiger partial charge in [0.25, 0.3) is 0 Å². The second-order valence-electron chi connectivity index (χ2n) is 4.37. The van der Waals surface area contributed by atoms with Crippen molar-refractivity contribution in [3.8, 4) is 0 Å². The lowest BCUT2D eigenvalue weighted by atomic mass is 10.3. The average molecular weight is 295 g/mol. The lowest BCUT2D eigenvalue weighted by Gasteiger charge is -2.15. The first kappa shape index (κ1) is 14.9. The standard InChI is InChI=1S/C14H18FN3OS/c1-16-8-13-12(9-19-3)17-14(20-13)18(2)11-6-4-5-10(15)7-11/h4-7,16H,8-9H2,1-3H3.